The third kappa shape index (κ3) is 7.75. The molecule has 1 atom stereocenters. The third-order valence-corrected chi connectivity index (χ3v) is 4.98. The highest BCUT2D eigenvalue weighted by atomic mass is 35.5. The molecule has 0 fully saturated rings. The molecule has 0 heterocycles. The van der Waals surface area contributed by atoms with Crippen molar-refractivity contribution in [2.24, 2.45) is 5.73 Å². The Morgan fingerprint density at radius 3 is 2.12 bits per heavy atom. The second kappa shape index (κ2) is 13.4. The molecule has 6 nitrogen and oxygen atoms in total. The van der Waals surface area contributed by atoms with E-state index in [1.165, 1.54) is 12.4 Å². The van der Waals surface area contributed by atoms with Crippen molar-refractivity contribution >= 4 is 53.2 Å². The molecule has 0 aliphatic carbocycles. The monoisotopic (exact) mass is 483 g/mol. The first-order valence-electron chi connectivity index (χ1n) is 10.1. The summed E-state index contributed by atoms with van der Waals surface area (Å²) in [6, 6.07) is 22.0. The van der Waals surface area contributed by atoms with Crippen LogP contribution in [0.4, 0.5) is 11.4 Å². The lowest BCUT2D eigenvalue weighted by Crippen LogP contribution is -2.37. The first-order valence-corrected chi connectivity index (χ1v) is 11.5. The fourth-order valence-corrected chi connectivity index (χ4v) is 3.12. The molecule has 0 radical (unpaired) electrons. The topological polar surface area (TPSA) is 101 Å². The molecule has 8 heteroatoms. The van der Waals surface area contributed by atoms with Gasteiger partial charge in [0.2, 0.25) is 11.8 Å². The number of hydrogen-bond acceptors (Lipinski definition) is 5. The zero-order valence-electron chi connectivity index (χ0n) is 18.1. The molecule has 0 aliphatic heterocycles. The van der Waals surface area contributed by atoms with Crippen LogP contribution in [-0.2, 0) is 16.0 Å². The Balaban J connectivity index is 0.00000187. The first kappa shape index (κ1) is 26.1. The van der Waals surface area contributed by atoms with Crippen molar-refractivity contribution in [2.45, 2.75) is 12.5 Å². The molecule has 2 amide bonds. The number of benzene rings is 3. The molecule has 3 aromatic rings. The number of rotatable bonds is 8. The van der Waals surface area contributed by atoms with Crippen LogP contribution in [-0.4, -0.2) is 35.8 Å². The lowest BCUT2D eigenvalue weighted by atomic mass is 10.0. The Labute approximate surface area is 203 Å². The molecule has 3 aromatic carbocycles. The Hall–Kier alpha value is -3.13. The summed E-state index contributed by atoms with van der Waals surface area (Å²) in [5, 5.41) is 5.50. The summed E-state index contributed by atoms with van der Waals surface area (Å²) >= 11 is 8.67. The van der Waals surface area contributed by atoms with Gasteiger partial charge < -0.3 is 16.4 Å². The van der Waals surface area contributed by atoms with E-state index >= 15 is 0 Å². The molecule has 0 saturated heterocycles. The van der Waals surface area contributed by atoms with Gasteiger partial charge in [0.05, 0.1) is 18.2 Å². The molecule has 172 valence electrons. The van der Waals surface area contributed by atoms with Crippen molar-refractivity contribution < 1.29 is 14.4 Å². The highest BCUT2D eigenvalue weighted by molar-refractivity contribution is 7.80. The predicted molar refractivity (Wildman–Crippen MR) is 137 cm³/mol. The normalized spacial score (nSPS) is 10.9. The van der Waals surface area contributed by atoms with Crippen molar-refractivity contribution in [1.29, 1.82) is 0 Å². The van der Waals surface area contributed by atoms with Gasteiger partial charge in [-0.2, -0.15) is 12.6 Å². The standard InChI is InChI=1S/C24H23N3O3S.CH3Cl/c25-20(15-31)24(30)26-18-11-12-21(27-22(28)13-16-7-3-1-4-8-16)19(14-18)23(29)17-9-5-2-6-10-17;1-2/h1-12,14,20,31H,13,15,25H2,(H,26,30)(H,27,28);1H3. The van der Waals surface area contributed by atoms with Gasteiger partial charge in [0, 0.05) is 29.0 Å². The van der Waals surface area contributed by atoms with Gasteiger partial charge in [0.25, 0.3) is 0 Å². The van der Waals surface area contributed by atoms with Crippen LogP contribution in [0.2, 0.25) is 0 Å². The van der Waals surface area contributed by atoms with Crippen LogP contribution in [0, 0.1) is 0 Å². The highest BCUT2D eigenvalue weighted by Crippen LogP contribution is 2.24. The Morgan fingerprint density at radius 1 is 0.909 bits per heavy atom. The quantitative estimate of drug-likeness (QED) is 0.219. The smallest absolute Gasteiger partial charge is 0.242 e. The van der Waals surface area contributed by atoms with E-state index in [9.17, 15) is 14.4 Å². The number of thiol groups is 1. The molecule has 0 bridgehead atoms. The van der Waals surface area contributed by atoms with E-state index in [-0.39, 0.29) is 29.4 Å². The number of ketones is 1. The largest absolute Gasteiger partial charge is 0.325 e. The Bertz CT molecular complexity index is 1080. The van der Waals surface area contributed by atoms with Crippen LogP contribution in [0.25, 0.3) is 0 Å². The Morgan fingerprint density at radius 2 is 1.52 bits per heavy atom. The van der Waals surface area contributed by atoms with Crippen molar-refractivity contribution in [2.75, 3.05) is 22.8 Å². The molecular weight excluding hydrogens is 458 g/mol. The molecule has 33 heavy (non-hydrogen) atoms. The number of hydrogen-bond donors (Lipinski definition) is 4. The van der Waals surface area contributed by atoms with E-state index < -0.39 is 11.9 Å². The molecule has 0 spiro atoms. The number of amides is 2. The van der Waals surface area contributed by atoms with Gasteiger partial charge in [0.15, 0.2) is 5.78 Å². The lowest BCUT2D eigenvalue weighted by Gasteiger charge is -2.15. The number of nitrogens with one attached hydrogen (secondary N) is 2. The summed E-state index contributed by atoms with van der Waals surface area (Å²) in [5.74, 6) is -0.740. The molecule has 4 N–H and O–H groups in total. The fourth-order valence-electron chi connectivity index (χ4n) is 2.96. The zero-order chi connectivity index (χ0) is 24.2. The molecule has 1 unspecified atom stereocenters. The average molecular weight is 484 g/mol. The first-order chi connectivity index (χ1) is 16.0. The summed E-state index contributed by atoms with van der Waals surface area (Å²) in [4.78, 5) is 37.8. The van der Waals surface area contributed by atoms with E-state index in [0.29, 0.717) is 16.9 Å². The third-order valence-electron chi connectivity index (χ3n) is 4.58. The molecule has 0 aliphatic rings. The maximum Gasteiger partial charge on any atom is 0.242 e. The molecule has 0 aromatic heterocycles. The van der Waals surface area contributed by atoms with Gasteiger partial charge in [-0.25, -0.2) is 0 Å². The maximum absolute atomic E-state index is 13.1. The predicted octanol–water partition coefficient (Wildman–Crippen LogP) is 4.15. The summed E-state index contributed by atoms with van der Waals surface area (Å²) in [5.41, 5.74) is 8.08. The SMILES string of the molecule is CCl.NC(CS)C(=O)Nc1ccc(NC(=O)Cc2ccccc2)c(C(=O)c2ccccc2)c1. The van der Waals surface area contributed by atoms with Crippen LogP contribution in [0.3, 0.4) is 0 Å². The van der Waals surface area contributed by atoms with Crippen LogP contribution in [0.1, 0.15) is 21.5 Å². The van der Waals surface area contributed by atoms with Gasteiger partial charge >= 0.3 is 0 Å². The summed E-state index contributed by atoms with van der Waals surface area (Å²) in [6.07, 6.45) is 1.65. The van der Waals surface area contributed by atoms with E-state index in [2.05, 4.69) is 34.9 Å². The minimum absolute atomic E-state index is 0.176. The molecule has 0 saturated carbocycles. The highest BCUT2D eigenvalue weighted by Gasteiger charge is 2.18. The van der Waals surface area contributed by atoms with Crippen molar-refractivity contribution in [3.63, 3.8) is 0 Å². The zero-order valence-corrected chi connectivity index (χ0v) is 19.8. The summed E-state index contributed by atoms with van der Waals surface area (Å²) < 4.78 is 0. The average Bonchev–Trinajstić information content (AvgIpc) is 2.86. The van der Waals surface area contributed by atoms with E-state index in [1.807, 2.05) is 36.4 Å². The minimum Gasteiger partial charge on any atom is -0.325 e. The number of alkyl halides is 1. The van der Waals surface area contributed by atoms with Crippen LogP contribution < -0.4 is 16.4 Å². The molecule has 3 rings (SSSR count). The van der Waals surface area contributed by atoms with Crippen LogP contribution in [0.5, 0.6) is 0 Å². The van der Waals surface area contributed by atoms with E-state index in [1.54, 1.807) is 36.4 Å². The van der Waals surface area contributed by atoms with Gasteiger partial charge in [-0.05, 0) is 23.8 Å². The van der Waals surface area contributed by atoms with E-state index in [4.69, 9.17) is 5.73 Å². The van der Waals surface area contributed by atoms with Gasteiger partial charge in [-0.1, -0.05) is 60.7 Å². The molecular formula is C25H26ClN3O3S. The van der Waals surface area contributed by atoms with E-state index in [0.717, 1.165) is 5.56 Å². The number of carbonyl (C=O) groups excluding carboxylic acids is 3. The Kier molecular flexibility index (Phi) is 10.6. The second-order valence-corrected chi connectivity index (χ2v) is 7.31. The van der Waals surface area contributed by atoms with Crippen molar-refractivity contribution in [1.82, 2.24) is 0 Å². The van der Waals surface area contributed by atoms with Crippen molar-refractivity contribution in [3.8, 4) is 0 Å². The second-order valence-electron chi connectivity index (χ2n) is 6.94. The van der Waals surface area contributed by atoms with Gasteiger partial charge in [0.1, 0.15) is 0 Å². The lowest BCUT2D eigenvalue weighted by molar-refractivity contribution is -0.117. The van der Waals surface area contributed by atoms with Crippen molar-refractivity contribution in [3.05, 3.63) is 95.6 Å². The van der Waals surface area contributed by atoms with Crippen LogP contribution >= 0.6 is 24.2 Å². The summed E-state index contributed by atoms with van der Waals surface area (Å²) in [7, 11) is 0. The van der Waals surface area contributed by atoms with Gasteiger partial charge in [-0.15, -0.1) is 11.6 Å². The summed E-state index contributed by atoms with van der Waals surface area (Å²) in [6.45, 7) is 0. The minimum atomic E-state index is -0.776. The van der Waals surface area contributed by atoms with Gasteiger partial charge in [-0.3, -0.25) is 14.4 Å². The maximum atomic E-state index is 13.1. The number of halogens is 1. The fraction of sp³-hybridized carbons (Fsp3) is 0.160. The number of carbonyl (C=O) groups is 3. The number of nitrogens with two attached hydrogens (primary N) is 1. The van der Waals surface area contributed by atoms with Crippen LogP contribution in [0.15, 0.2) is 78.9 Å². The number of anilines is 2.